The van der Waals surface area contributed by atoms with Crippen LogP contribution in [0.4, 0.5) is 5.95 Å². The van der Waals surface area contributed by atoms with Crippen molar-refractivity contribution in [2.45, 2.75) is 58.6 Å². The minimum atomic E-state index is -0.00375. The number of ether oxygens (including phenoxy) is 2. The average Bonchev–Trinajstić information content (AvgIpc) is 3.19. The van der Waals surface area contributed by atoms with Crippen LogP contribution < -0.4 is 20.1 Å². The van der Waals surface area contributed by atoms with Crippen LogP contribution in [-0.2, 0) is 0 Å². The minimum Gasteiger partial charge on any atom is -0.497 e. The first-order valence-electron chi connectivity index (χ1n) is 11.5. The Morgan fingerprint density at radius 2 is 2.00 bits per heavy atom. The summed E-state index contributed by atoms with van der Waals surface area (Å²) in [5.41, 5.74) is 2.96. The minimum absolute atomic E-state index is 0.00375. The van der Waals surface area contributed by atoms with Gasteiger partial charge in [0, 0.05) is 5.56 Å². The van der Waals surface area contributed by atoms with Crippen LogP contribution in [0.5, 0.6) is 11.8 Å². The van der Waals surface area contributed by atoms with Gasteiger partial charge in [-0.1, -0.05) is 32.9 Å². The summed E-state index contributed by atoms with van der Waals surface area (Å²) in [7, 11) is 1.68. The topological polar surface area (TPSA) is 85.6 Å². The lowest BCUT2D eigenvalue weighted by molar-refractivity contribution is 0.0568. The summed E-state index contributed by atoms with van der Waals surface area (Å²) < 4.78 is 13.3. The first kappa shape index (κ1) is 22.3. The number of hydrogen-bond donors (Lipinski definition) is 2. The summed E-state index contributed by atoms with van der Waals surface area (Å²) in [5.74, 6) is 2.41. The number of nitrogens with zero attached hydrogens (tertiary/aromatic N) is 4. The average molecular weight is 439 g/mol. The Balaban J connectivity index is 1.58. The van der Waals surface area contributed by atoms with Gasteiger partial charge in [0.2, 0.25) is 5.95 Å². The summed E-state index contributed by atoms with van der Waals surface area (Å²) in [6.45, 7) is 10.6. The molecule has 1 saturated carbocycles. The lowest BCUT2D eigenvalue weighted by Crippen LogP contribution is -2.39. The van der Waals surface area contributed by atoms with Gasteiger partial charge in [0.15, 0.2) is 5.65 Å². The number of benzene rings is 1. The summed E-state index contributed by atoms with van der Waals surface area (Å²) in [6.07, 6.45) is 4.09. The van der Waals surface area contributed by atoms with Gasteiger partial charge in [-0.15, -0.1) is 0 Å². The highest BCUT2D eigenvalue weighted by Crippen LogP contribution is 2.31. The van der Waals surface area contributed by atoms with Crippen LogP contribution in [0.3, 0.4) is 0 Å². The van der Waals surface area contributed by atoms with E-state index in [0.717, 1.165) is 48.5 Å². The Labute approximate surface area is 189 Å². The molecule has 2 aromatic heterocycles. The summed E-state index contributed by atoms with van der Waals surface area (Å²) in [4.78, 5) is 9.42. The van der Waals surface area contributed by atoms with Crippen molar-refractivity contribution in [3.63, 3.8) is 0 Å². The third-order valence-corrected chi connectivity index (χ3v) is 6.08. The molecule has 0 unspecified atom stereocenters. The summed E-state index contributed by atoms with van der Waals surface area (Å²) in [5, 5.41) is 11.5. The molecule has 0 aliphatic heterocycles. The van der Waals surface area contributed by atoms with Crippen LogP contribution in [0.1, 0.15) is 63.6 Å². The van der Waals surface area contributed by atoms with E-state index >= 15 is 0 Å². The zero-order chi connectivity index (χ0) is 22.7. The fourth-order valence-electron chi connectivity index (χ4n) is 4.05. The fraction of sp³-hybridized carbons (Fsp3) is 0.542. The zero-order valence-corrected chi connectivity index (χ0v) is 19.6. The number of hydrogen-bond acceptors (Lipinski definition) is 7. The monoisotopic (exact) mass is 438 g/mol. The molecule has 1 aliphatic rings. The molecule has 1 atom stereocenters. The predicted molar refractivity (Wildman–Crippen MR) is 126 cm³/mol. The number of methoxy groups -OCH3 is 1. The summed E-state index contributed by atoms with van der Waals surface area (Å²) in [6, 6.07) is 8.42. The molecule has 172 valence electrons. The van der Waals surface area contributed by atoms with Gasteiger partial charge in [-0.05, 0) is 62.4 Å². The molecule has 1 fully saturated rings. The van der Waals surface area contributed by atoms with E-state index in [-0.39, 0.29) is 12.1 Å². The van der Waals surface area contributed by atoms with Crippen LogP contribution in [0, 0.1) is 5.92 Å². The Morgan fingerprint density at radius 3 is 2.72 bits per heavy atom. The molecule has 0 saturated heterocycles. The number of anilines is 1. The number of nitrogens with one attached hydrogen (secondary N) is 2. The van der Waals surface area contributed by atoms with Crippen molar-refractivity contribution in [1.82, 2.24) is 24.9 Å². The largest absolute Gasteiger partial charge is 0.497 e. The Morgan fingerprint density at radius 1 is 1.19 bits per heavy atom. The standard InChI is InChI=1S/C24H34N6O2/c1-6-25-13-17-10-20(11-17)32-24-28-22-21(15(2)3)14-26-30(22)23(29-24)27-16(4)18-8-7-9-19(12-18)31-5/h7-9,12,14-17,20,25H,6,10-11,13H2,1-5H3,(H,27,28,29)/t16-,17-,20+/m0/s1. The Bertz CT molecular complexity index is 1040. The third-order valence-electron chi connectivity index (χ3n) is 6.08. The van der Waals surface area contributed by atoms with Crippen molar-refractivity contribution in [3.05, 3.63) is 41.6 Å². The van der Waals surface area contributed by atoms with Crippen LogP contribution in [-0.4, -0.2) is 45.9 Å². The van der Waals surface area contributed by atoms with E-state index in [1.165, 1.54) is 0 Å². The highest BCUT2D eigenvalue weighted by atomic mass is 16.5. The van der Waals surface area contributed by atoms with Crippen molar-refractivity contribution in [2.75, 3.05) is 25.5 Å². The molecule has 4 rings (SSSR count). The smallest absolute Gasteiger partial charge is 0.322 e. The molecule has 1 aromatic carbocycles. The van der Waals surface area contributed by atoms with Crippen LogP contribution in [0.15, 0.2) is 30.5 Å². The van der Waals surface area contributed by atoms with Crippen molar-refractivity contribution >= 4 is 11.6 Å². The van der Waals surface area contributed by atoms with Crippen LogP contribution in [0.25, 0.3) is 5.65 Å². The summed E-state index contributed by atoms with van der Waals surface area (Å²) >= 11 is 0. The maximum Gasteiger partial charge on any atom is 0.322 e. The second kappa shape index (κ2) is 9.73. The molecule has 0 spiro atoms. The molecule has 32 heavy (non-hydrogen) atoms. The molecule has 0 bridgehead atoms. The van der Waals surface area contributed by atoms with Crippen LogP contribution in [0.2, 0.25) is 0 Å². The molecule has 2 N–H and O–H groups in total. The normalized spacial score (nSPS) is 19.1. The lowest BCUT2D eigenvalue weighted by Gasteiger charge is -2.34. The van der Waals surface area contributed by atoms with E-state index < -0.39 is 0 Å². The van der Waals surface area contributed by atoms with Gasteiger partial charge in [-0.25, -0.2) is 0 Å². The number of aromatic nitrogens is 4. The maximum atomic E-state index is 6.19. The highest BCUT2D eigenvalue weighted by molar-refractivity contribution is 5.53. The molecule has 8 nitrogen and oxygen atoms in total. The number of rotatable bonds is 10. The van der Waals surface area contributed by atoms with Gasteiger partial charge in [0.1, 0.15) is 11.9 Å². The zero-order valence-electron chi connectivity index (χ0n) is 19.6. The van der Waals surface area contributed by atoms with Gasteiger partial charge < -0.3 is 20.1 Å². The van der Waals surface area contributed by atoms with Crippen molar-refractivity contribution < 1.29 is 9.47 Å². The second-order valence-electron chi connectivity index (χ2n) is 8.85. The molecule has 0 radical (unpaired) electrons. The molecule has 8 heteroatoms. The first-order valence-corrected chi connectivity index (χ1v) is 11.5. The van der Waals surface area contributed by atoms with Crippen molar-refractivity contribution in [1.29, 1.82) is 0 Å². The van der Waals surface area contributed by atoms with Crippen molar-refractivity contribution in [3.8, 4) is 11.8 Å². The molecule has 3 aromatic rings. The van der Waals surface area contributed by atoms with Crippen molar-refractivity contribution in [2.24, 2.45) is 5.92 Å². The van der Waals surface area contributed by atoms with Gasteiger partial charge in [0.05, 0.1) is 19.3 Å². The van der Waals surface area contributed by atoms with Crippen LogP contribution >= 0.6 is 0 Å². The van der Waals surface area contributed by atoms with Gasteiger partial charge in [-0.3, -0.25) is 0 Å². The van der Waals surface area contributed by atoms with Gasteiger partial charge >= 0.3 is 6.01 Å². The highest BCUT2D eigenvalue weighted by Gasteiger charge is 2.31. The molecule has 1 aliphatic carbocycles. The molecule has 2 heterocycles. The molecule has 0 amide bonds. The van der Waals surface area contributed by atoms with E-state index in [1.807, 2.05) is 24.4 Å². The lowest BCUT2D eigenvalue weighted by atomic mass is 9.82. The second-order valence-corrected chi connectivity index (χ2v) is 8.85. The van der Waals surface area contributed by atoms with E-state index in [9.17, 15) is 0 Å². The van der Waals surface area contributed by atoms with E-state index in [1.54, 1.807) is 11.6 Å². The molecular weight excluding hydrogens is 404 g/mol. The van der Waals surface area contributed by atoms with E-state index in [0.29, 0.717) is 23.8 Å². The molecular formula is C24H34N6O2. The maximum absolute atomic E-state index is 6.19. The fourth-order valence-corrected chi connectivity index (χ4v) is 4.05. The van der Waals surface area contributed by atoms with E-state index in [4.69, 9.17) is 19.4 Å². The van der Waals surface area contributed by atoms with E-state index in [2.05, 4.69) is 49.5 Å². The quantitative estimate of drug-likeness (QED) is 0.491. The predicted octanol–water partition coefficient (Wildman–Crippen LogP) is 4.20. The van der Waals surface area contributed by atoms with Gasteiger partial charge in [-0.2, -0.15) is 19.6 Å². The Kier molecular flexibility index (Phi) is 6.79. The van der Waals surface area contributed by atoms with Gasteiger partial charge in [0.25, 0.3) is 0 Å². The third kappa shape index (κ3) is 4.80. The number of fused-ring (bicyclic) bond motifs is 1. The Hall–Kier alpha value is -2.87. The SMILES string of the molecule is CCNC[C@H]1C[C@@H](Oc2nc(N[C@@H](C)c3cccc(OC)c3)n3ncc(C(C)C)c3n2)C1. The first-order chi connectivity index (χ1) is 15.5.